The highest BCUT2D eigenvalue weighted by molar-refractivity contribution is 5.88. The molecule has 7 nitrogen and oxygen atoms in total. The Morgan fingerprint density at radius 3 is 2.88 bits per heavy atom. The summed E-state index contributed by atoms with van der Waals surface area (Å²) in [5.41, 5.74) is 5.83. The minimum atomic E-state index is 0.594. The molecule has 0 bridgehead atoms. The Hall–Kier alpha value is -3.61. The maximum atomic E-state index is 4.36. The molecule has 4 aromatic rings. The molecule has 25 heavy (non-hydrogen) atoms. The van der Waals surface area contributed by atoms with Crippen molar-refractivity contribution in [2.24, 2.45) is 5.10 Å². The van der Waals surface area contributed by atoms with Crippen molar-refractivity contribution in [3.05, 3.63) is 72.3 Å². The Kier molecular flexibility index (Phi) is 3.88. The van der Waals surface area contributed by atoms with E-state index in [9.17, 15) is 0 Å². The highest BCUT2D eigenvalue weighted by Gasteiger charge is 2.11. The van der Waals surface area contributed by atoms with E-state index in [4.69, 9.17) is 0 Å². The average Bonchev–Trinajstić information content (AvgIpc) is 3.08. The molecule has 1 aromatic carbocycles. The number of nitrogens with zero attached hydrogens (tertiary/aromatic N) is 6. The van der Waals surface area contributed by atoms with Crippen LogP contribution in [0.3, 0.4) is 0 Å². The summed E-state index contributed by atoms with van der Waals surface area (Å²) in [4.78, 5) is 12.9. The number of aryl methyl sites for hydroxylation is 1. The van der Waals surface area contributed by atoms with Crippen LogP contribution < -0.4 is 5.43 Å². The first kappa shape index (κ1) is 14.9. The third-order valence-electron chi connectivity index (χ3n) is 3.66. The summed E-state index contributed by atoms with van der Waals surface area (Å²) in [6.45, 7) is 2.05. The molecule has 0 aliphatic heterocycles. The van der Waals surface area contributed by atoms with Gasteiger partial charge in [0.05, 0.1) is 17.8 Å². The monoisotopic (exact) mass is 329 g/mol. The normalized spacial score (nSPS) is 11.2. The van der Waals surface area contributed by atoms with Crippen LogP contribution in [0.15, 0.2) is 66.3 Å². The fourth-order valence-corrected chi connectivity index (χ4v) is 2.50. The first-order valence-corrected chi connectivity index (χ1v) is 7.77. The number of fused-ring (bicyclic) bond motifs is 1. The van der Waals surface area contributed by atoms with Gasteiger partial charge in [-0.05, 0) is 24.6 Å². The summed E-state index contributed by atoms with van der Waals surface area (Å²) >= 11 is 0. The second-order valence-corrected chi connectivity index (χ2v) is 5.49. The summed E-state index contributed by atoms with van der Waals surface area (Å²) in [5.74, 6) is 1.29. The lowest BCUT2D eigenvalue weighted by Gasteiger charge is -2.03. The van der Waals surface area contributed by atoms with Gasteiger partial charge in [0.15, 0.2) is 17.3 Å². The molecule has 0 aliphatic carbocycles. The smallest absolute Gasteiger partial charge is 0.170 e. The standard InChI is InChI=1S/C18H15N7/c1-13-5-4-6-14(9-13)10-22-24-17-15-11-23-25(18(15)21-12-20-17)16-7-2-3-8-19-16/h2-12H,1H3,(H,20,21,24). The summed E-state index contributed by atoms with van der Waals surface area (Å²) in [6.07, 6.45) is 6.65. The molecule has 0 saturated carbocycles. The van der Waals surface area contributed by atoms with E-state index in [1.165, 1.54) is 11.9 Å². The van der Waals surface area contributed by atoms with Crippen molar-refractivity contribution >= 4 is 23.1 Å². The van der Waals surface area contributed by atoms with Crippen LogP contribution in [-0.4, -0.2) is 30.9 Å². The fourth-order valence-electron chi connectivity index (χ4n) is 2.50. The van der Waals surface area contributed by atoms with Gasteiger partial charge < -0.3 is 0 Å². The fraction of sp³-hybridized carbons (Fsp3) is 0.0556. The van der Waals surface area contributed by atoms with Crippen LogP contribution in [0.4, 0.5) is 5.82 Å². The van der Waals surface area contributed by atoms with Crippen molar-refractivity contribution in [2.45, 2.75) is 6.92 Å². The number of hydrogen-bond acceptors (Lipinski definition) is 6. The van der Waals surface area contributed by atoms with E-state index >= 15 is 0 Å². The summed E-state index contributed by atoms with van der Waals surface area (Å²) in [6, 6.07) is 13.7. The zero-order valence-corrected chi connectivity index (χ0v) is 13.5. The highest BCUT2D eigenvalue weighted by atomic mass is 15.4. The first-order valence-electron chi connectivity index (χ1n) is 7.77. The van der Waals surface area contributed by atoms with E-state index in [-0.39, 0.29) is 0 Å². The number of hydrogen-bond donors (Lipinski definition) is 1. The van der Waals surface area contributed by atoms with E-state index < -0.39 is 0 Å². The van der Waals surface area contributed by atoms with Gasteiger partial charge in [-0.15, -0.1) is 0 Å². The van der Waals surface area contributed by atoms with Gasteiger partial charge in [-0.2, -0.15) is 14.9 Å². The predicted octanol–water partition coefficient (Wildman–Crippen LogP) is 2.96. The van der Waals surface area contributed by atoms with Crippen molar-refractivity contribution in [3.8, 4) is 5.82 Å². The Labute approximate surface area is 144 Å². The Morgan fingerprint density at radius 2 is 2.04 bits per heavy atom. The van der Waals surface area contributed by atoms with Gasteiger partial charge in [-0.25, -0.2) is 15.0 Å². The van der Waals surface area contributed by atoms with Gasteiger partial charge in [0.25, 0.3) is 0 Å². The van der Waals surface area contributed by atoms with Gasteiger partial charge in [0, 0.05) is 6.20 Å². The molecule has 0 radical (unpaired) electrons. The highest BCUT2D eigenvalue weighted by Crippen LogP contribution is 2.20. The van der Waals surface area contributed by atoms with E-state index in [2.05, 4.69) is 36.6 Å². The van der Waals surface area contributed by atoms with Crippen molar-refractivity contribution in [1.29, 1.82) is 0 Å². The van der Waals surface area contributed by atoms with Gasteiger partial charge in [0.1, 0.15) is 6.33 Å². The molecule has 0 atom stereocenters. The lowest BCUT2D eigenvalue weighted by molar-refractivity contribution is 0.861. The minimum Gasteiger partial charge on any atom is -0.261 e. The molecule has 0 unspecified atom stereocenters. The number of rotatable bonds is 4. The summed E-state index contributed by atoms with van der Waals surface area (Å²) in [7, 11) is 0. The number of benzene rings is 1. The SMILES string of the molecule is Cc1cccc(C=NNc2ncnc3c2cnn3-c2ccccn2)c1. The molecule has 0 amide bonds. The van der Waals surface area contributed by atoms with Gasteiger partial charge in [0.2, 0.25) is 0 Å². The average molecular weight is 329 g/mol. The zero-order chi connectivity index (χ0) is 17.1. The molecular formula is C18H15N7. The summed E-state index contributed by atoms with van der Waals surface area (Å²) < 4.78 is 1.67. The van der Waals surface area contributed by atoms with E-state index in [1.807, 2.05) is 43.3 Å². The molecule has 0 fully saturated rings. The molecule has 3 heterocycles. The number of aromatic nitrogens is 5. The second kappa shape index (κ2) is 6.48. The number of pyridine rings is 1. The van der Waals surface area contributed by atoms with Crippen molar-refractivity contribution in [1.82, 2.24) is 24.7 Å². The lowest BCUT2D eigenvalue weighted by atomic mass is 10.2. The molecule has 0 saturated heterocycles. The summed E-state index contributed by atoms with van der Waals surface area (Å²) in [5, 5.41) is 9.40. The minimum absolute atomic E-state index is 0.594. The van der Waals surface area contributed by atoms with Crippen molar-refractivity contribution in [3.63, 3.8) is 0 Å². The van der Waals surface area contributed by atoms with Crippen LogP contribution >= 0.6 is 0 Å². The molecule has 122 valence electrons. The van der Waals surface area contributed by atoms with Crippen LogP contribution in [-0.2, 0) is 0 Å². The predicted molar refractivity (Wildman–Crippen MR) is 96.9 cm³/mol. The van der Waals surface area contributed by atoms with Gasteiger partial charge in [-0.3, -0.25) is 5.43 Å². The van der Waals surface area contributed by atoms with Crippen molar-refractivity contribution < 1.29 is 0 Å². The quantitative estimate of drug-likeness (QED) is 0.460. The third-order valence-corrected chi connectivity index (χ3v) is 3.66. The van der Waals surface area contributed by atoms with E-state index in [0.29, 0.717) is 17.3 Å². The number of nitrogens with one attached hydrogen (secondary N) is 1. The zero-order valence-electron chi connectivity index (χ0n) is 13.5. The van der Waals surface area contributed by atoms with Gasteiger partial charge >= 0.3 is 0 Å². The molecule has 4 rings (SSSR count). The van der Waals surface area contributed by atoms with Crippen LogP contribution in [0.2, 0.25) is 0 Å². The largest absolute Gasteiger partial charge is 0.261 e. The molecule has 0 spiro atoms. The number of anilines is 1. The maximum absolute atomic E-state index is 4.36. The van der Waals surface area contributed by atoms with Crippen LogP contribution in [0.5, 0.6) is 0 Å². The van der Waals surface area contributed by atoms with Crippen molar-refractivity contribution in [2.75, 3.05) is 5.43 Å². The molecule has 7 heteroatoms. The van der Waals surface area contributed by atoms with Crippen LogP contribution in [0.1, 0.15) is 11.1 Å². The Morgan fingerprint density at radius 1 is 1.08 bits per heavy atom. The van der Waals surface area contributed by atoms with Crippen LogP contribution in [0, 0.1) is 6.92 Å². The van der Waals surface area contributed by atoms with Crippen LogP contribution in [0.25, 0.3) is 16.9 Å². The molecular weight excluding hydrogens is 314 g/mol. The number of hydrazone groups is 1. The van der Waals surface area contributed by atoms with E-state index in [0.717, 1.165) is 10.9 Å². The van der Waals surface area contributed by atoms with E-state index in [1.54, 1.807) is 23.3 Å². The third kappa shape index (κ3) is 3.07. The Bertz CT molecular complexity index is 1040. The lowest BCUT2D eigenvalue weighted by Crippen LogP contribution is -2.01. The molecule has 1 N–H and O–H groups in total. The second-order valence-electron chi connectivity index (χ2n) is 5.49. The Balaban J connectivity index is 1.64. The molecule has 3 aromatic heterocycles. The molecule has 0 aliphatic rings. The first-order chi connectivity index (χ1) is 12.3. The maximum Gasteiger partial charge on any atom is 0.170 e. The topological polar surface area (TPSA) is 80.9 Å². The van der Waals surface area contributed by atoms with Gasteiger partial charge in [-0.1, -0.05) is 35.9 Å².